The van der Waals surface area contributed by atoms with Crippen LogP contribution in [0.25, 0.3) is 0 Å². The molecule has 0 amide bonds. The third-order valence-electron chi connectivity index (χ3n) is 2.48. The molecule has 1 heterocycles. The van der Waals surface area contributed by atoms with Crippen LogP contribution in [0.2, 0.25) is 0 Å². The lowest BCUT2D eigenvalue weighted by atomic mass is 9.95. The quantitative estimate of drug-likeness (QED) is 0.620. The van der Waals surface area contributed by atoms with Crippen LogP contribution in [0.3, 0.4) is 0 Å². The van der Waals surface area contributed by atoms with Crippen LogP contribution in [0.5, 0.6) is 0 Å². The van der Waals surface area contributed by atoms with Crippen molar-refractivity contribution < 1.29 is 9.53 Å². The van der Waals surface area contributed by atoms with Crippen molar-refractivity contribution in [1.29, 1.82) is 0 Å². The van der Waals surface area contributed by atoms with Gasteiger partial charge in [-0.2, -0.15) is 0 Å². The van der Waals surface area contributed by atoms with E-state index < -0.39 is 0 Å². The maximum Gasteiger partial charge on any atom is 0.306 e. The van der Waals surface area contributed by atoms with Crippen LogP contribution in [0.15, 0.2) is 0 Å². The molecular weight excluding hydrogens is 166 g/mol. The molecule has 3 heteroatoms. The van der Waals surface area contributed by atoms with E-state index in [-0.39, 0.29) is 5.97 Å². The normalized spacial score (nSPS) is 24.3. The molecule has 0 saturated carbocycles. The monoisotopic (exact) mass is 185 g/mol. The van der Waals surface area contributed by atoms with Gasteiger partial charge in [-0.1, -0.05) is 0 Å². The van der Waals surface area contributed by atoms with Gasteiger partial charge in [0.15, 0.2) is 0 Å². The first-order valence-corrected chi connectivity index (χ1v) is 5.06. The fraction of sp³-hybridized carbons (Fsp3) is 0.900. The fourth-order valence-electron chi connectivity index (χ4n) is 1.90. The van der Waals surface area contributed by atoms with Gasteiger partial charge >= 0.3 is 5.97 Å². The second-order valence-corrected chi connectivity index (χ2v) is 3.78. The SMILES string of the molecule is CCOC(=O)C[C@@H]1CCCN(C)C1. The first-order valence-electron chi connectivity index (χ1n) is 5.06. The highest BCUT2D eigenvalue weighted by molar-refractivity contribution is 5.69. The standard InChI is InChI=1S/C10H19NO2/c1-3-13-10(12)7-9-5-4-6-11(2)8-9/h9H,3-8H2,1-2H3/t9-/m0/s1. The molecule has 3 nitrogen and oxygen atoms in total. The second-order valence-electron chi connectivity index (χ2n) is 3.78. The summed E-state index contributed by atoms with van der Waals surface area (Å²) in [6, 6.07) is 0. The van der Waals surface area contributed by atoms with Crippen LogP contribution in [-0.4, -0.2) is 37.6 Å². The smallest absolute Gasteiger partial charge is 0.306 e. The predicted molar refractivity (Wildman–Crippen MR) is 51.5 cm³/mol. The van der Waals surface area contributed by atoms with Crippen LogP contribution in [0, 0.1) is 5.92 Å². The number of carbonyl (C=O) groups is 1. The number of hydrogen-bond acceptors (Lipinski definition) is 3. The summed E-state index contributed by atoms with van der Waals surface area (Å²) in [7, 11) is 2.11. The van der Waals surface area contributed by atoms with E-state index in [1.165, 1.54) is 19.4 Å². The Labute approximate surface area is 80.1 Å². The van der Waals surface area contributed by atoms with Crippen molar-refractivity contribution in [3.8, 4) is 0 Å². The van der Waals surface area contributed by atoms with Crippen molar-refractivity contribution in [3.63, 3.8) is 0 Å². The van der Waals surface area contributed by atoms with Gasteiger partial charge in [-0.3, -0.25) is 4.79 Å². The number of hydrogen-bond donors (Lipinski definition) is 0. The van der Waals surface area contributed by atoms with Gasteiger partial charge in [0.05, 0.1) is 6.61 Å². The molecule has 0 aromatic rings. The Kier molecular flexibility index (Phi) is 4.22. The fourth-order valence-corrected chi connectivity index (χ4v) is 1.90. The molecule has 0 bridgehead atoms. The minimum Gasteiger partial charge on any atom is -0.466 e. The van der Waals surface area contributed by atoms with Gasteiger partial charge in [-0.15, -0.1) is 0 Å². The Morgan fingerprint density at radius 1 is 1.62 bits per heavy atom. The summed E-state index contributed by atoms with van der Waals surface area (Å²) in [4.78, 5) is 13.5. The van der Waals surface area contributed by atoms with Crippen molar-refractivity contribution in [3.05, 3.63) is 0 Å². The minimum absolute atomic E-state index is 0.0391. The molecule has 1 rings (SSSR count). The van der Waals surface area contributed by atoms with Gasteiger partial charge in [-0.05, 0) is 39.3 Å². The molecule has 0 radical (unpaired) electrons. The van der Waals surface area contributed by atoms with Gasteiger partial charge in [0.2, 0.25) is 0 Å². The van der Waals surface area contributed by atoms with Gasteiger partial charge < -0.3 is 9.64 Å². The number of likely N-dealkylation sites (tertiary alicyclic amines) is 1. The molecule has 1 aliphatic heterocycles. The van der Waals surface area contributed by atoms with Crippen LogP contribution in [-0.2, 0) is 9.53 Å². The number of ether oxygens (including phenoxy) is 1. The van der Waals surface area contributed by atoms with E-state index in [1.54, 1.807) is 0 Å². The molecule has 0 spiro atoms. The van der Waals surface area contributed by atoms with Crippen LogP contribution >= 0.6 is 0 Å². The highest BCUT2D eigenvalue weighted by Gasteiger charge is 2.20. The molecule has 0 unspecified atom stereocenters. The van der Waals surface area contributed by atoms with Crippen LogP contribution < -0.4 is 0 Å². The molecule has 1 atom stereocenters. The molecule has 1 aliphatic rings. The molecule has 1 fully saturated rings. The van der Waals surface area contributed by atoms with Gasteiger partial charge in [0.1, 0.15) is 0 Å². The summed E-state index contributed by atoms with van der Waals surface area (Å²) < 4.78 is 4.92. The van der Waals surface area contributed by atoms with Gasteiger partial charge in [0, 0.05) is 13.0 Å². The highest BCUT2D eigenvalue weighted by atomic mass is 16.5. The Bertz CT molecular complexity index is 170. The molecule has 0 aliphatic carbocycles. The summed E-state index contributed by atoms with van der Waals surface area (Å²) in [5.41, 5.74) is 0. The zero-order chi connectivity index (χ0) is 9.68. The summed E-state index contributed by atoms with van der Waals surface area (Å²) in [6.45, 7) is 4.56. The van der Waals surface area contributed by atoms with E-state index in [0.29, 0.717) is 18.9 Å². The molecule has 0 N–H and O–H groups in total. The number of carbonyl (C=O) groups excluding carboxylic acids is 1. The second kappa shape index (κ2) is 5.22. The largest absolute Gasteiger partial charge is 0.466 e. The maximum absolute atomic E-state index is 11.2. The number of esters is 1. The van der Waals surface area contributed by atoms with Crippen molar-refractivity contribution in [1.82, 2.24) is 4.90 Å². The Morgan fingerprint density at radius 3 is 3.00 bits per heavy atom. The number of rotatable bonds is 3. The Morgan fingerprint density at radius 2 is 2.38 bits per heavy atom. The van der Waals surface area contributed by atoms with E-state index in [9.17, 15) is 4.79 Å². The first-order chi connectivity index (χ1) is 6.22. The Hall–Kier alpha value is -0.570. The van der Waals surface area contributed by atoms with Crippen molar-refractivity contribution in [2.75, 3.05) is 26.7 Å². The van der Waals surface area contributed by atoms with Gasteiger partial charge in [-0.25, -0.2) is 0 Å². The molecule has 1 saturated heterocycles. The van der Waals surface area contributed by atoms with Crippen molar-refractivity contribution >= 4 is 5.97 Å². The summed E-state index contributed by atoms with van der Waals surface area (Å²) >= 11 is 0. The van der Waals surface area contributed by atoms with Crippen molar-refractivity contribution in [2.24, 2.45) is 5.92 Å². The molecule has 13 heavy (non-hydrogen) atoms. The lowest BCUT2D eigenvalue weighted by Gasteiger charge is -2.28. The van der Waals surface area contributed by atoms with E-state index in [2.05, 4.69) is 11.9 Å². The number of piperidine rings is 1. The summed E-state index contributed by atoms with van der Waals surface area (Å²) in [5, 5.41) is 0. The molecule has 76 valence electrons. The van der Waals surface area contributed by atoms with Gasteiger partial charge in [0.25, 0.3) is 0 Å². The van der Waals surface area contributed by atoms with Crippen LogP contribution in [0.4, 0.5) is 0 Å². The van der Waals surface area contributed by atoms with Crippen molar-refractivity contribution in [2.45, 2.75) is 26.2 Å². The molecular formula is C10H19NO2. The predicted octanol–water partition coefficient (Wildman–Crippen LogP) is 1.28. The minimum atomic E-state index is -0.0391. The average Bonchev–Trinajstić information content (AvgIpc) is 2.04. The lowest BCUT2D eigenvalue weighted by molar-refractivity contribution is -0.144. The summed E-state index contributed by atoms with van der Waals surface area (Å²) in [5.74, 6) is 0.473. The summed E-state index contributed by atoms with van der Waals surface area (Å²) in [6.07, 6.45) is 2.97. The number of nitrogens with zero attached hydrogens (tertiary/aromatic N) is 1. The van der Waals surface area contributed by atoms with E-state index >= 15 is 0 Å². The topological polar surface area (TPSA) is 29.5 Å². The average molecular weight is 185 g/mol. The first kappa shape index (κ1) is 10.5. The zero-order valence-corrected chi connectivity index (χ0v) is 8.58. The van der Waals surface area contributed by atoms with E-state index in [0.717, 1.165) is 6.54 Å². The molecule has 0 aromatic carbocycles. The van der Waals surface area contributed by atoms with Crippen LogP contribution in [0.1, 0.15) is 26.2 Å². The zero-order valence-electron chi connectivity index (χ0n) is 8.58. The van der Waals surface area contributed by atoms with E-state index in [4.69, 9.17) is 4.74 Å². The molecule has 0 aromatic heterocycles. The third kappa shape index (κ3) is 3.77. The lowest BCUT2D eigenvalue weighted by Crippen LogP contribution is -2.33. The third-order valence-corrected chi connectivity index (χ3v) is 2.48. The maximum atomic E-state index is 11.2. The highest BCUT2D eigenvalue weighted by Crippen LogP contribution is 2.18. The van der Waals surface area contributed by atoms with E-state index in [1.807, 2.05) is 6.92 Å². The Balaban J connectivity index is 2.23.